The van der Waals surface area contributed by atoms with Crippen molar-refractivity contribution >= 4 is 17.7 Å². The van der Waals surface area contributed by atoms with Crippen LogP contribution in [0, 0.1) is 13.8 Å². The number of rotatable bonds is 8. The first kappa shape index (κ1) is 21.5. The number of aromatic amines is 2. The second-order valence-electron chi connectivity index (χ2n) is 6.43. The molecular weight excluding hydrogens is 360 g/mol. The van der Waals surface area contributed by atoms with E-state index in [1.54, 1.807) is 27.7 Å². The quantitative estimate of drug-likeness (QED) is 0.531. The van der Waals surface area contributed by atoms with Gasteiger partial charge in [0, 0.05) is 0 Å². The van der Waals surface area contributed by atoms with Crippen molar-refractivity contribution in [3.63, 3.8) is 0 Å². The van der Waals surface area contributed by atoms with Crippen LogP contribution in [0.4, 0.5) is 0 Å². The molecule has 2 heterocycles. The lowest BCUT2D eigenvalue weighted by atomic mass is 10.00. The maximum absolute atomic E-state index is 13.3. The number of hydrogen-bond acceptors (Lipinski definition) is 5. The van der Waals surface area contributed by atoms with Gasteiger partial charge < -0.3 is 19.4 Å². The molecule has 152 valence electrons. The predicted octanol–water partition coefficient (Wildman–Crippen LogP) is 3.67. The third-order valence-electron chi connectivity index (χ3n) is 4.88. The van der Waals surface area contributed by atoms with Crippen LogP contribution in [0.5, 0.6) is 0 Å². The van der Waals surface area contributed by atoms with Gasteiger partial charge in [-0.2, -0.15) is 0 Å². The van der Waals surface area contributed by atoms with Crippen molar-refractivity contribution < 1.29 is 23.9 Å². The largest absolute Gasteiger partial charge is 0.461 e. The molecule has 0 aliphatic rings. The van der Waals surface area contributed by atoms with Gasteiger partial charge >= 0.3 is 11.9 Å². The van der Waals surface area contributed by atoms with E-state index in [1.807, 2.05) is 13.8 Å². The highest BCUT2D eigenvalue weighted by Gasteiger charge is 2.28. The van der Waals surface area contributed by atoms with E-state index in [2.05, 4.69) is 9.97 Å². The lowest BCUT2D eigenvalue weighted by molar-refractivity contribution is 0.0510. The van der Waals surface area contributed by atoms with Gasteiger partial charge in [0.2, 0.25) is 5.78 Å². The topological polar surface area (TPSA) is 101 Å². The molecular formula is C21H28N2O5. The lowest BCUT2D eigenvalue weighted by Gasteiger charge is -2.04. The molecule has 0 fully saturated rings. The molecule has 0 saturated carbocycles. The fourth-order valence-electron chi connectivity index (χ4n) is 3.48. The molecule has 0 aliphatic heterocycles. The van der Waals surface area contributed by atoms with Gasteiger partial charge in [-0.1, -0.05) is 13.8 Å². The second kappa shape index (κ2) is 8.91. The van der Waals surface area contributed by atoms with Crippen LogP contribution in [0.1, 0.15) is 87.1 Å². The van der Waals surface area contributed by atoms with Gasteiger partial charge in [0.1, 0.15) is 11.4 Å². The Morgan fingerprint density at radius 1 is 0.679 bits per heavy atom. The number of hydrogen-bond donors (Lipinski definition) is 2. The van der Waals surface area contributed by atoms with E-state index < -0.39 is 11.9 Å². The summed E-state index contributed by atoms with van der Waals surface area (Å²) >= 11 is 0. The van der Waals surface area contributed by atoms with Crippen molar-refractivity contribution in [3.05, 3.63) is 45.0 Å². The number of nitrogens with one attached hydrogen (secondary N) is 2. The van der Waals surface area contributed by atoms with Crippen LogP contribution in [0.15, 0.2) is 0 Å². The molecule has 0 spiro atoms. The molecule has 2 aromatic rings. The Kier molecular flexibility index (Phi) is 6.83. The zero-order valence-corrected chi connectivity index (χ0v) is 17.4. The van der Waals surface area contributed by atoms with E-state index in [0.29, 0.717) is 35.4 Å². The van der Waals surface area contributed by atoms with Gasteiger partial charge in [0.15, 0.2) is 0 Å². The van der Waals surface area contributed by atoms with Gasteiger partial charge in [-0.3, -0.25) is 4.79 Å². The van der Waals surface area contributed by atoms with Gasteiger partial charge in [-0.05, 0) is 62.8 Å². The fraction of sp³-hybridized carbons (Fsp3) is 0.476. The van der Waals surface area contributed by atoms with Gasteiger partial charge in [0.25, 0.3) is 0 Å². The maximum Gasteiger partial charge on any atom is 0.355 e. The molecule has 0 radical (unpaired) electrons. The van der Waals surface area contributed by atoms with Gasteiger partial charge in [-0.15, -0.1) is 0 Å². The van der Waals surface area contributed by atoms with Crippen molar-refractivity contribution in [1.82, 2.24) is 9.97 Å². The molecule has 28 heavy (non-hydrogen) atoms. The van der Waals surface area contributed by atoms with E-state index in [9.17, 15) is 14.4 Å². The molecule has 0 unspecified atom stereocenters. The average Bonchev–Trinajstić information content (AvgIpc) is 3.18. The highest BCUT2D eigenvalue weighted by atomic mass is 16.5. The van der Waals surface area contributed by atoms with Crippen molar-refractivity contribution in [2.24, 2.45) is 0 Å². The van der Waals surface area contributed by atoms with Crippen molar-refractivity contribution in [3.8, 4) is 0 Å². The molecule has 2 aromatic heterocycles. The minimum Gasteiger partial charge on any atom is -0.461 e. The molecule has 0 aliphatic carbocycles. The summed E-state index contributed by atoms with van der Waals surface area (Å²) in [6.07, 6.45) is 1.16. The number of ether oxygens (including phenoxy) is 2. The minimum atomic E-state index is -0.487. The van der Waals surface area contributed by atoms with E-state index >= 15 is 0 Å². The molecule has 0 saturated heterocycles. The van der Waals surface area contributed by atoms with Crippen LogP contribution in [0.2, 0.25) is 0 Å². The Hall–Kier alpha value is -2.83. The van der Waals surface area contributed by atoms with Crippen LogP contribution in [0.3, 0.4) is 0 Å². The highest BCUT2D eigenvalue weighted by Crippen LogP contribution is 2.26. The van der Waals surface area contributed by atoms with Crippen LogP contribution in [-0.2, 0) is 22.3 Å². The Labute approximate surface area is 164 Å². The van der Waals surface area contributed by atoms with Crippen molar-refractivity contribution in [2.75, 3.05) is 13.2 Å². The average molecular weight is 388 g/mol. The third-order valence-corrected chi connectivity index (χ3v) is 4.88. The number of esters is 2. The summed E-state index contributed by atoms with van der Waals surface area (Å²) in [5.41, 5.74) is 4.19. The predicted molar refractivity (Wildman–Crippen MR) is 105 cm³/mol. The van der Waals surface area contributed by atoms with Gasteiger partial charge in [-0.25, -0.2) is 9.59 Å². The standard InChI is InChI=1S/C21H28N2O5/c1-7-13-11(5)15(20(25)27-9-3)22-17(13)19(24)18-14(8-2)12(6)16(23-18)21(26)28-10-4/h22-23H,7-10H2,1-6H3. The van der Waals surface area contributed by atoms with E-state index in [0.717, 1.165) is 11.1 Å². The molecule has 2 N–H and O–H groups in total. The fourth-order valence-corrected chi connectivity index (χ4v) is 3.48. The van der Waals surface area contributed by atoms with Crippen LogP contribution in [0.25, 0.3) is 0 Å². The Morgan fingerprint density at radius 2 is 1.04 bits per heavy atom. The first-order chi connectivity index (χ1) is 13.3. The first-order valence-electron chi connectivity index (χ1n) is 9.63. The smallest absolute Gasteiger partial charge is 0.355 e. The van der Waals surface area contributed by atoms with Crippen molar-refractivity contribution in [1.29, 1.82) is 0 Å². The maximum atomic E-state index is 13.3. The monoisotopic (exact) mass is 388 g/mol. The van der Waals surface area contributed by atoms with Crippen LogP contribution < -0.4 is 0 Å². The molecule has 7 nitrogen and oxygen atoms in total. The first-order valence-corrected chi connectivity index (χ1v) is 9.63. The molecule has 7 heteroatoms. The molecule has 0 amide bonds. The second-order valence-corrected chi connectivity index (χ2v) is 6.43. The zero-order valence-electron chi connectivity index (χ0n) is 17.4. The number of aromatic nitrogens is 2. The SMILES string of the molecule is CCOC(=O)c1[nH]c(C(=O)c2[nH]c(C(=O)OCC)c(C)c2CC)c(CC)c1C. The van der Waals surface area contributed by atoms with Crippen LogP contribution in [-0.4, -0.2) is 40.9 Å². The number of ketones is 1. The summed E-state index contributed by atoms with van der Waals surface area (Å²) in [6, 6.07) is 0. The number of carbonyl (C=O) groups excluding carboxylic acids is 3. The normalized spacial score (nSPS) is 10.8. The lowest BCUT2D eigenvalue weighted by Crippen LogP contribution is -2.10. The van der Waals surface area contributed by atoms with E-state index in [4.69, 9.17) is 9.47 Å². The molecule has 0 bridgehead atoms. The Morgan fingerprint density at radius 3 is 1.32 bits per heavy atom. The van der Waals surface area contributed by atoms with Gasteiger partial charge in [0.05, 0.1) is 24.6 Å². The summed E-state index contributed by atoms with van der Waals surface area (Å²) in [5, 5.41) is 0. The highest BCUT2D eigenvalue weighted by molar-refractivity contribution is 6.11. The molecule has 0 atom stereocenters. The van der Waals surface area contributed by atoms with E-state index in [1.165, 1.54) is 0 Å². The summed E-state index contributed by atoms with van der Waals surface area (Å²) < 4.78 is 10.2. The summed E-state index contributed by atoms with van der Waals surface area (Å²) in [4.78, 5) is 43.7. The summed E-state index contributed by atoms with van der Waals surface area (Å²) in [5.74, 6) is -1.26. The Balaban J connectivity index is 2.57. The number of carbonyl (C=O) groups is 3. The minimum absolute atomic E-state index is 0.251. The number of H-pyrrole nitrogens is 2. The van der Waals surface area contributed by atoms with Crippen LogP contribution >= 0.6 is 0 Å². The summed E-state index contributed by atoms with van der Waals surface area (Å²) in [7, 11) is 0. The molecule has 2 rings (SSSR count). The summed E-state index contributed by atoms with van der Waals surface area (Å²) in [6.45, 7) is 11.4. The third kappa shape index (κ3) is 3.74. The van der Waals surface area contributed by atoms with E-state index in [-0.39, 0.29) is 30.4 Å². The Bertz CT molecular complexity index is 832. The molecule has 0 aromatic carbocycles. The van der Waals surface area contributed by atoms with Crippen molar-refractivity contribution in [2.45, 2.75) is 54.4 Å². The zero-order chi connectivity index (χ0) is 21.0.